The van der Waals surface area contributed by atoms with Gasteiger partial charge in [-0.1, -0.05) is 16.7 Å². The standard InChI is InChI=1S/C10H17N3O3/c1-7-9(13-16-12-7)6-8(10(14)15)4-2-3-5-11/h8H,2-6,11H2,1H3,(H,14,15). The fraction of sp³-hybridized carbons (Fsp3) is 0.700. The summed E-state index contributed by atoms with van der Waals surface area (Å²) in [4.78, 5) is 11.0. The molecule has 0 saturated carbocycles. The molecular formula is C10H17N3O3. The molecular weight excluding hydrogens is 210 g/mol. The average Bonchev–Trinajstić information content (AvgIpc) is 2.63. The molecule has 0 aliphatic heterocycles. The minimum atomic E-state index is -0.806. The molecule has 1 aromatic rings. The fourth-order valence-electron chi connectivity index (χ4n) is 1.52. The summed E-state index contributed by atoms with van der Waals surface area (Å²) in [5.74, 6) is -1.24. The lowest BCUT2D eigenvalue weighted by Crippen LogP contribution is -2.17. The molecule has 6 nitrogen and oxygen atoms in total. The van der Waals surface area contributed by atoms with Crippen LogP contribution in [0.25, 0.3) is 0 Å². The van der Waals surface area contributed by atoms with Crippen molar-refractivity contribution in [3.8, 4) is 0 Å². The van der Waals surface area contributed by atoms with Crippen LogP contribution in [-0.4, -0.2) is 27.9 Å². The number of unbranched alkanes of at least 4 members (excludes halogenated alkanes) is 1. The van der Waals surface area contributed by atoms with Gasteiger partial charge in [0.25, 0.3) is 0 Å². The van der Waals surface area contributed by atoms with Gasteiger partial charge in [0.1, 0.15) is 11.4 Å². The van der Waals surface area contributed by atoms with Crippen LogP contribution in [0.5, 0.6) is 0 Å². The molecule has 6 heteroatoms. The molecule has 0 spiro atoms. The van der Waals surface area contributed by atoms with Gasteiger partial charge in [-0.25, -0.2) is 4.63 Å². The molecule has 1 heterocycles. The van der Waals surface area contributed by atoms with E-state index in [2.05, 4.69) is 14.9 Å². The number of nitrogens with zero attached hydrogens (tertiary/aromatic N) is 2. The van der Waals surface area contributed by atoms with Crippen LogP contribution >= 0.6 is 0 Å². The largest absolute Gasteiger partial charge is 0.481 e. The Bertz CT molecular complexity index is 338. The topological polar surface area (TPSA) is 102 Å². The van der Waals surface area contributed by atoms with Crippen molar-refractivity contribution >= 4 is 5.97 Å². The van der Waals surface area contributed by atoms with Crippen molar-refractivity contribution in [1.82, 2.24) is 10.3 Å². The number of carboxylic acids is 1. The lowest BCUT2D eigenvalue weighted by molar-refractivity contribution is -0.142. The van der Waals surface area contributed by atoms with E-state index in [1.54, 1.807) is 6.92 Å². The predicted octanol–water partition coefficient (Wildman–Crippen LogP) is 0.750. The van der Waals surface area contributed by atoms with E-state index in [1.807, 2.05) is 0 Å². The second-order valence-corrected chi connectivity index (χ2v) is 3.82. The van der Waals surface area contributed by atoms with E-state index in [1.165, 1.54) is 0 Å². The molecule has 16 heavy (non-hydrogen) atoms. The molecule has 0 radical (unpaired) electrons. The van der Waals surface area contributed by atoms with Gasteiger partial charge in [-0.05, 0) is 26.3 Å². The molecule has 3 N–H and O–H groups in total. The number of nitrogens with two attached hydrogens (primary N) is 1. The maximum atomic E-state index is 11.0. The summed E-state index contributed by atoms with van der Waals surface area (Å²) in [5.41, 5.74) is 6.65. The van der Waals surface area contributed by atoms with Gasteiger partial charge in [-0.2, -0.15) is 0 Å². The molecule has 1 rings (SSSR count). The molecule has 1 aromatic heterocycles. The van der Waals surface area contributed by atoms with Crippen molar-refractivity contribution in [2.45, 2.75) is 32.6 Å². The maximum Gasteiger partial charge on any atom is 0.306 e. The van der Waals surface area contributed by atoms with Crippen molar-refractivity contribution in [3.63, 3.8) is 0 Å². The highest BCUT2D eigenvalue weighted by Gasteiger charge is 2.20. The van der Waals surface area contributed by atoms with Crippen LogP contribution in [0, 0.1) is 12.8 Å². The molecule has 1 atom stereocenters. The minimum Gasteiger partial charge on any atom is -0.481 e. The summed E-state index contributed by atoms with van der Waals surface area (Å²) in [6.45, 7) is 2.35. The molecule has 0 saturated heterocycles. The van der Waals surface area contributed by atoms with E-state index < -0.39 is 11.9 Å². The summed E-state index contributed by atoms with van der Waals surface area (Å²) >= 11 is 0. The summed E-state index contributed by atoms with van der Waals surface area (Å²) in [5, 5.41) is 16.4. The smallest absolute Gasteiger partial charge is 0.306 e. The molecule has 0 fully saturated rings. The molecule has 0 bridgehead atoms. The molecule has 0 aromatic carbocycles. The Morgan fingerprint density at radius 3 is 2.75 bits per heavy atom. The van der Waals surface area contributed by atoms with Gasteiger partial charge in [0, 0.05) is 6.42 Å². The van der Waals surface area contributed by atoms with E-state index in [4.69, 9.17) is 10.8 Å². The van der Waals surface area contributed by atoms with Crippen molar-refractivity contribution in [2.75, 3.05) is 6.54 Å². The molecule has 0 aliphatic carbocycles. The quantitative estimate of drug-likeness (QED) is 0.666. The molecule has 0 aliphatic rings. The van der Waals surface area contributed by atoms with Crippen molar-refractivity contribution in [2.24, 2.45) is 11.7 Å². The monoisotopic (exact) mass is 227 g/mol. The fourth-order valence-corrected chi connectivity index (χ4v) is 1.52. The second-order valence-electron chi connectivity index (χ2n) is 3.82. The van der Waals surface area contributed by atoms with E-state index in [0.717, 1.165) is 12.8 Å². The zero-order valence-electron chi connectivity index (χ0n) is 9.35. The van der Waals surface area contributed by atoms with Crippen LogP contribution in [0.3, 0.4) is 0 Å². The minimum absolute atomic E-state index is 0.370. The van der Waals surface area contributed by atoms with Gasteiger partial charge in [0.15, 0.2) is 0 Å². The first-order valence-corrected chi connectivity index (χ1v) is 5.36. The number of carbonyl (C=O) groups is 1. The number of aromatic nitrogens is 2. The van der Waals surface area contributed by atoms with Gasteiger partial charge < -0.3 is 10.8 Å². The van der Waals surface area contributed by atoms with Gasteiger partial charge in [0.2, 0.25) is 0 Å². The molecule has 90 valence electrons. The zero-order chi connectivity index (χ0) is 12.0. The van der Waals surface area contributed by atoms with E-state index >= 15 is 0 Å². The number of rotatable bonds is 7. The van der Waals surface area contributed by atoms with Crippen molar-refractivity contribution in [1.29, 1.82) is 0 Å². The lowest BCUT2D eigenvalue weighted by Gasteiger charge is -2.09. The Morgan fingerprint density at radius 1 is 1.50 bits per heavy atom. The first kappa shape index (κ1) is 12.6. The summed E-state index contributed by atoms with van der Waals surface area (Å²) < 4.78 is 4.54. The maximum absolute atomic E-state index is 11.0. The van der Waals surface area contributed by atoms with E-state index in [-0.39, 0.29) is 0 Å². The van der Waals surface area contributed by atoms with Gasteiger partial charge in [-0.3, -0.25) is 4.79 Å². The molecule has 0 amide bonds. The van der Waals surface area contributed by atoms with E-state index in [0.29, 0.717) is 30.8 Å². The first-order chi connectivity index (χ1) is 7.65. The second kappa shape index (κ2) is 6.22. The Hall–Kier alpha value is -1.43. The number of aryl methyl sites for hydroxylation is 1. The van der Waals surface area contributed by atoms with Crippen molar-refractivity contribution < 1.29 is 14.5 Å². The normalized spacial score (nSPS) is 12.6. The predicted molar refractivity (Wildman–Crippen MR) is 56.8 cm³/mol. The highest BCUT2D eigenvalue weighted by Crippen LogP contribution is 2.15. The SMILES string of the molecule is Cc1nonc1CC(CCCCN)C(=O)O. The highest BCUT2D eigenvalue weighted by molar-refractivity contribution is 5.70. The third kappa shape index (κ3) is 3.62. The Kier molecular flexibility index (Phi) is 4.91. The summed E-state index contributed by atoms with van der Waals surface area (Å²) in [6, 6.07) is 0. The Labute approximate surface area is 93.8 Å². The lowest BCUT2D eigenvalue weighted by atomic mass is 9.96. The highest BCUT2D eigenvalue weighted by atomic mass is 16.6. The van der Waals surface area contributed by atoms with Crippen molar-refractivity contribution in [3.05, 3.63) is 11.4 Å². The number of carboxylic acid groups (broad SMARTS) is 1. The number of hydrogen-bond acceptors (Lipinski definition) is 5. The van der Waals surface area contributed by atoms with Crippen LogP contribution in [0.15, 0.2) is 4.63 Å². The average molecular weight is 227 g/mol. The van der Waals surface area contributed by atoms with Gasteiger partial charge in [-0.15, -0.1) is 0 Å². The van der Waals surface area contributed by atoms with Crippen LogP contribution in [-0.2, 0) is 11.2 Å². The molecule has 1 unspecified atom stereocenters. The van der Waals surface area contributed by atoms with E-state index in [9.17, 15) is 4.79 Å². The number of aliphatic carboxylic acids is 1. The number of hydrogen-bond donors (Lipinski definition) is 2. The Balaban J connectivity index is 2.51. The van der Waals surface area contributed by atoms with Gasteiger partial charge in [0.05, 0.1) is 5.92 Å². The van der Waals surface area contributed by atoms with Gasteiger partial charge >= 0.3 is 5.97 Å². The Morgan fingerprint density at radius 2 is 2.25 bits per heavy atom. The third-order valence-electron chi connectivity index (χ3n) is 2.54. The summed E-state index contributed by atoms with van der Waals surface area (Å²) in [7, 11) is 0. The third-order valence-corrected chi connectivity index (χ3v) is 2.54. The summed E-state index contributed by atoms with van der Waals surface area (Å²) in [6.07, 6.45) is 2.64. The van der Waals surface area contributed by atoms with Crippen LogP contribution in [0.1, 0.15) is 30.7 Å². The van der Waals surface area contributed by atoms with Crippen LogP contribution < -0.4 is 5.73 Å². The van der Waals surface area contributed by atoms with Crippen LogP contribution in [0.2, 0.25) is 0 Å². The zero-order valence-corrected chi connectivity index (χ0v) is 9.35. The first-order valence-electron chi connectivity index (χ1n) is 5.36. The van der Waals surface area contributed by atoms with Crippen LogP contribution in [0.4, 0.5) is 0 Å².